The normalized spacial score (nSPS) is 18.7. The van der Waals surface area contributed by atoms with Crippen LogP contribution in [0.15, 0.2) is 30.5 Å². The third kappa shape index (κ3) is 5.35. The lowest BCUT2D eigenvalue weighted by Gasteiger charge is -2.38. The van der Waals surface area contributed by atoms with Gasteiger partial charge < -0.3 is 19.7 Å². The number of carbonyl (C=O) groups excluding carboxylic acids is 2. The van der Waals surface area contributed by atoms with E-state index in [9.17, 15) is 18.4 Å². The van der Waals surface area contributed by atoms with E-state index < -0.39 is 36.6 Å². The van der Waals surface area contributed by atoms with Gasteiger partial charge in [0.2, 0.25) is 0 Å². The van der Waals surface area contributed by atoms with Gasteiger partial charge in [0.25, 0.3) is 11.8 Å². The molecule has 3 heterocycles. The predicted octanol–water partition coefficient (Wildman–Crippen LogP) is 4.32. The first-order valence-electron chi connectivity index (χ1n) is 10.5. The number of carbonyl (C=O) groups is 2. The van der Waals surface area contributed by atoms with Crippen LogP contribution in [0.3, 0.4) is 0 Å². The highest BCUT2D eigenvalue weighted by Gasteiger charge is 2.46. The molecular weight excluding hydrogens is 456 g/mol. The molecule has 0 aliphatic carbocycles. The minimum Gasteiger partial charge on any atom is -0.486 e. The molecule has 33 heavy (non-hydrogen) atoms. The first-order valence-corrected chi connectivity index (χ1v) is 10.9. The molecule has 1 aromatic heterocycles. The monoisotopic (exact) mass is 479 g/mol. The summed E-state index contributed by atoms with van der Waals surface area (Å²) in [5.74, 6) is -2.73. The van der Waals surface area contributed by atoms with Crippen molar-refractivity contribution in [1.29, 1.82) is 0 Å². The van der Waals surface area contributed by atoms with E-state index >= 15 is 0 Å². The molecule has 1 fully saturated rings. The van der Waals surface area contributed by atoms with Gasteiger partial charge >= 0.3 is 6.09 Å². The first kappa shape index (κ1) is 23.2. The van der Waals surface area contributed by atoms with Crippen LogP contribution in [0, 0.1) is 0 Å². The summed E-state index contributed by atoms with van der Waals surface area (Å²) in [6, 6.07) is 6.82. The summed E-state index contributed by atoms with van der Waals surface area (Å²) in [7, 11) is 0. The Balaban J connectivity index is 1.41. The standard InChI is InChI=1S/C23H24ClF2N3O4/c1-22(2,3)33-21(31)28-10-16-7-15-6-14(8-17(24)19(15)32-16)18-5-4-13(9-27-18)20(30)29-11-23(25,26)12-29/h4-6,8-9,16H,7,10-12H2,1-3H3,(H,28,31). The van der Waals surface area contributed by atoms with E-state index in [0.29, 0.717) is 22.9 Å². The number of fused-ring (bicyclic) bond motifs is 1. The number of ether oxygens (including phenoxy) is 2. The van der Waals surface area contributed by atoms with E-state index in [2.05, 4.69) is 10.3 Å². The Morgan fingerprint density at radius 1 is 1.30 bits per heavy atom. The lowest BCUT2D eigenvalue weighted by Crippen LogP contribution is -2.58. The molecule has 1 aromatic carbocycles. The molecule has 2 amide bonds. The van der Waals surface area contributed by atoms with Crippen LogP contribution in [0.4, 0.5) is 13.6 Å². The van der Waals surface area contributed by atoms with Gasteiger partial charge in [-0.15, -0.1) is 0 Å². The molecule has 1 N–H and O–H groups in total. The molecule has 4 rings (SSSR count). The number of pyridine rings is 1. The second kappa shape index (κ2) is 8.44. The van der Waals surface area contributed by atoms with Crippen molar-refractivity contribution < 1.29 is 27.8 Å². The van der Waals surface area contributed by atoms with Crippen LogP contribution >= 0.6 is 11.6 Å². The largest absolute Gasteiger partial charge is 0.486 e. The lowest BCUT2D eigenvalue weighted by atomic mass is 10.0. The van der Waals surface area contributed by atoms with Crippen molar-refractivity contribution in [3.63, 3.8) is 0 Å². The maximum atomic E-state index is 13.0. The molecule has 2 aliphatic rings. The zero-order valence-electron chi connectivity index (χ0n) is 18.5. The maximum Gasteiger partial charge on any atom is 0.407 e. The smallest absolute Gasteiger partial charge is 0.407 e. The Hall–Kier alpha value is -2.94. The van der Waals surface area contributed by atoms with Gasteiger partial charge in [0.1, 0.15) is 17.5 Å². The summed E-state index contributed by atoms with van der Waals surface area (Å²) in [5, 5.41) is 3.11. The predicted molar refractivity (Wildman–Crippen MR) is 118 cm³/mol. The fourth-order valence-corrected chi connectivity index (χ4v) is 3.97. The molecule has 0 saturated carbocycles. The van der Waals surface area contributed by atoms with Crippen LogP contribution in [-0.2, 0) is 11.2 Å². The van der Waals surface area contributed by atoms with E-state index in [1.54, 1.807) is 39.0 Å². The molecule has 1 unspecified atom stereocenters. The van der Waals surface area contributed by atoms with Crippen LogP contribution < -0.4 is 10.1 Å². The first-order chi connectivity index (χ1) is 15.4. The van der Waals surface area contributed by atoms with E-state index in [-0.39, 0.29) is 18.2 Å². The Bertz CT molecular complexity index is 1080. The van der Waals surface area contributed by atoms with Crippen LogP contribution in [-0.4, -0.2) is 59.1 Å². The Labute approximate surface area is 195 Å². The number of rotatable bonds is 4. The molecule has 10 heteroatoms. The van der Waals surface area contributed by atoms with Gasteiger partial charge in [-0.1, -0.05) is 11.6 Å². The summed E-state index contributed by atoms with van der Waals surface area (Å²) in [6.45, 7) is 4.48. The van der Waals surface area contributed by atoms with Crippen molar-refractivity contribution >= 4 is 23.6 Å². The highest BCUT2D eigenvalue weighted by Crippen LogP contribution is 2.39. The highest BCUT2D eigenvalue weighted by atomic mass is 35.5. The van der Waals surface area contributed by atoms with Gasteiger partial charge in [-0.3, -0.25) is 9.78 Å². The zero-order chi connectivity index (χ0) is 24.0. The molecule has 7 nitrogen and oxygen atoms in total. The molecular formula is C23H24ClF2N3O4. The quantitative estimate of drug-likeness (QED) is 0.706. The minimum atomic E-state index is -2.81. The van der Waals surface area contributed by atoms with E-state index in [1.807, 2.05) is 6.07 Å². The SMILES string of the molecule is CC(C)(C)OC(=O)NCC1Cc2cc(-c3ccc(C(=O)N4CC(F)(F)C4)cn3)cc(Cl)c2O1. The number of nitrogens with zero attached hydrogens (tertiary/aromatic N) is 2. The number of likely N-dealkylation sites (tertiary alicyclic amines) is 1. The van der Waals surface area contributed by atoms with E-state index in [0.717, 1.165) is 16.0 Å². The second-order valence-electron chi connectivity index (χ2n) is 9.22. The molecule has 2 aromatic rings. The molecule has 0 spiro atoms. The molecule has 0 bridgehead atoms. The number of aromatic nitrogens is 1. The van der Waals surface area contributed by atoms with Crippen LogP contribution in [0.2, 0.25) is 5.02 Å². The third-order valence-electron chi connectivity index (χ3n) is 5.16. The van der Waals surface area contributed by atoms with Crippen LogP contribution in [0.5, 0.6) is 5.75 Å². The van der Waals surface area contributed by atoms with Crippen molar-refractivity contribution in [1.82, 2.24) is 15.2 Å². The number of nitrogens with one attached hydrogen (secondary N) is 1. The van der Waals surface area contributed by atoms with E-state index in [4.69, 9.17) is 21.1 Å². The van der Waals surface area contributed by atoms with Crippen molar-refractivity contribution in [2.24, 2.45) is 0 Å². The third-order valence-corrected chi connectivity index (χ3v) is 5.44. The minimum absolute atomic E-state index is 0.248. The van der Waals surface area contributed by atoms with Crippen molar-refractivity contribution in [3.8, 4) is 17.0 Å². The summed E-state index contributed by atoms with van der Waals surface area (Å²) in [5.41, 5.74) is 1.85. The topological polar surface area (TPSA) is 80.8 Å². The number of alkyl carbamates (subject to hydrolysis) is 1. The van der Waals surface area contributed by atoms with Gasteiger partial charge in [0.05, 0.1) is 35.9 Å². The fourth-order valence-electron chi connectivity index (χ4n) is 3.69. The van der Waals surface area contributed by atoms with Crippen molar-refractivity contribution in [3.05, 3.63) is 46.6 Å². The molecule has 1 saturated heterocycles. The van der Waals surface area contributed by atoms with Gasteiger partial charge in [-0.2, -0.15) is 0 Å². The Morgan fingerprint density at radius 2 is 2.03 bits per heavy atom. The molecule has 176 valence electrons. The summed E-state index contributed by atoms with van der Waals surface area (Å²) in [6.07, 6.45) is 1.11. The Morgan fingerprint density at radius 3 is 2.64 bits per heavy atom. The number of halogens is 3. The van der Waals surface area contributed by atoms with E-state index in [1.165, 1.54) is 6.20 Å². The number of alkyl halides is 2. The summed E-state index contributed by atoms with van der Waals surface area (Å²) < 4.78 is 37.2. The molecule has 0 radical (unpaired) electrons. The zero-order valence-corrected chi connectivity index (χ0v) is 19.2. The number of benzene rings is 1. The van der Waals surface area contributed by atoms with Crippen molar-refractivity contribution in [2.75, 3.05) is 19.6 Å². The van der Waals surface area contributed by atoms with Gasteiger partial charge in [-0.05, 0) is 45.0 Å². The number of hydrogen-bond donors (Lipinski definition) is 1. The average Bonchev–Trinajstić information content (AvgIpc) is 3.12. The number of hydrogen-bond acceptors (Lipinski definition) is 5. The van der Waals surface area contributed by atoms with Gasteiger partial charge in [0.15, 0.2) is 0 Å². The summed E-state index contributed by atoms with van der Waals surface area (Å²) >= 11 is 6.42. The lowest BCUT2D eigenvalue weighted by molar-refractivity contribution is -0.113. The van der Waals surface area contributed by atoms with Gasteiger partial charge in [0, 0.05) is 23.7 Å². The second-order valence-corrected chi connectivity index (χ2v) is 9.63. The average molecular weight is 480 g/mol. The molecule has 1 atom stereocenters. The highest BCUT2D eigenvalue weighted by molar-refractivity contribution is 6.32. The molecule has 2 aliphatic heterocycles. The Kier molecular flexibility index (Phi) is 5.94. The van der Waals surface area contributed by atoms with Gasteiger partial charge in [-0.25, -0.2) is 13.6 Å². The summed E-state index contributed by atoms with van der Waals surface area (Å²) in [4.78, 5) is 29.6. The number of amides is 2. The maximum absolute atomic E-state index is 13.0. The van der Waals surface area contributed by atoms with Crippen LogP contribution in [0.1, 0.15) is 36.7 Å². The van der Waals surface area contributed by atoms with Crippen LogP contribution in [0.25, 0.3) is 11.3 Å². The fraction of sp³-hybridized carbons (Fsp3) is 0.435. The van der Waals surface area contributed by atoms with Crippen molar-refractivity contribution in [2.45, 2.75) is 44.8 Å².